The number of carboxylic acid groups (broad SMARTS) is 1. The minimum Gasteiger partial charge on any atom is -0.478 e. The summed E-state index contributed by atoms with van der Waals surface area (Å²) in [5.41, 5.74) is 1.97. The fourth-order valence-corrected chi connectivity index (χ4v) is 4.23. The topological polar surface area (TPSA) is 76.4 Å². The SMILES string of the molecule is Cc1cc(C)c2c(c1)c(C(=O)O)cn2S(=O)(=O)c1ccccc1. The number of fused-ring (bicyclic) bond motifs is 1. The Kier molecular flexibility index (Phi) is 3.49. The van der Waals surface area contributed by atoms with Crippen LogP contribution in [0.3, 0.4) is 0 Å². The lowest BCUT2D eigenvalue weighted by molar-refractivity contribution is 0.0699. The van der Waals surface area contributed by atoms with Crippen LogP contribution in [-0.4, -0.2) is 23.5 Å². The van der Waals surface area contributed by atoms with Gasteiger partial charge in [-0.05, 0) is 37.6 Å². The molecule has 6 heteroatoms. The Hall–Kier alpha value is -2.60. The summed E-state index contributed by atoms with van der Waals surface area (Å²) >= 11 is 0. The number of aryl methyl sites for hydroxylation is 2. The van der Waals surface area contributed by atoms with Crippen LogP contribution in [-0.2, 0) is 10.0 Å². The van der Waals surface area contributed by atoms with E-state index in [4.69, 9.17) is 0 Å². The van der Waals surface area contributed by atoms with Crippen molar-refractivity contribution in [3.63, 3.8) is 0 Å². The maximum Gasteiger partial charge on any atom is 0.337 e. The number of aromatic carboxylic acids is 1. The maximum atomic E-state index is 12.9. The molecule has 0 unspecified atom stereocenters. The molecular formula is C17H15NO4S. The number of nitrogens with zero attached hydrogens (tertiary/aromatic N) is 1. The summed E-state index contributed by atoms with van der Waals surface area (Å²) in [4.78, 5) is 11.6. The first kappa shape index (κ1) is 15.3. The number of rotatable bonds is 3. The fraction of sp³-hybridized carbons (Fsp3) is 0.118. The van der Waals surface area contributed by atoms with Gasteiger partial charge >= 0.3 is 5.97 Å². The third-order valence-corrected chi connectivity index (χ3v) is 5.41. The largest absolute Gasteiger partial charge is 0.478 e. The molecule has 5 nitrogen and oxygen atoms in total. The highest BCUT2D eigenvalue weighted by Crippen LogP contribution is 2.29. The number of benzene rings is 2. The van der Waals surface area contributed by atoms with Gasteiger partial charge in [-0.2, -0.15) is 0 Å². The van der Waals surface area contributed by atoms with E-state index in [0.717, 1.165) is 9.54 Å². The third kappa shape index (κ3) is 2.41. The van der Waals surface area contributed by atoms with Crippen molar-refractivity contribution in [2.45, 2.75) is 18.7 Å². The molecule has 0 spiro atoms. The normalized spacial score (nSPS) is 11.7. The summed E-state index contributed by atoms with van der Waals surface area (Å²) in [6, 6.07) is 11.5. The number of carboxylic acids is 1. The molecule has 1 aromatic heterocycles. The molecule has 3 aromatic rings. The van der Waals surface area contributed by atoms with Crippen molar-refractivity contribution in [1.82, 2.24) is 3.97 Å². The summed E-state index contributed by atoms with van der Waals surface area (Å²) < 4.78 is 26.8. The molecule has 0 fully saturated rings. The van der Waals surface area contributed by atoms with E-state index >= 15 is 0 Å². The predicted molar refractivity (Wildman–Crippen MR) is 87.4 cm³/mol. The zero-order valence-corrected chi connectivity index (χ0v) is 13.5. The minimum atomic E-state index is -3.86. The van der Waals surface area contributed by atoms with Gasteiger partial charge in [0.2, 0.25) is 0 Å². The van der Waals surface area contributed by atoms with Gasteiger partial charge in [-0.15, -0.1) is 0 Å². The van der Waals surface area contributed by atoms with E-state index in [1.54, 1.807) is 31.2 Å². The molecule has 0 aliphatic carbocycles. The van der Waals surface area contributed by atoms with Crippen LogP contribution in [0.5, 0.6) is 0 Å². The van der Waals surface area contributed by atoms with Gasteiger partial charge in [-0.1, -0.05) is 29.8 Å². The standard InChI is InChI=1S/C17H15NO4S/c1-11-8-12(2)16-14(9-11)15(17(19)20)10-18(16)23(21,22)13-6-4-3-5-7-13/h3-10H,1-2H3,(H,19,20). The van der Waals surface area contributed by atoms with Gasteiger partial charge < -0.3 is 5.11 Å². The number of aromatic nitrogens is 1. The van der Waals surface area contributed by atoms with Gasteiger partial charge in [0.1, 0.15) is 0 Å². The highest BCUT2D eigenvalue weighted by molar-refractivity contribution is 7.90. The first-order chi connectivity index (χ1) is 10.8. The Bertz CT molecular complexity index is 1020. The Balaban J connectivity index is 2.42. The predicted octanol–water partition coefficient (Wildman–Crippen LogP) is 3.19. The van der Waals surface area contributed by atoms with Gasteiger partial charge in [0, 0.05) is 11.6 Å². The maximum absolute atomic E-state index is 12.9. The van der Waals surface area contributed by atoms with Gasteiger partial charge in [-0.3, -0.25) is 0 Å². The van der Waals surface area contributed by atoms with Crippen molar-refractivity contribution >= 4 is 26.9 Å². The molecule has 0 saturated carbocycles. The minimum absolute atomic E-state index is 0.0219. The van der Waals surface area contributed by atoms with Crippen molar-refractivity contribution in [1.29, 1.82) is 0 Å². The average molecular weight is 329 g/mol. The van der Waals surface area contributed by atoms with E-state index in [1.807, 2.05) is 13.0 Å². The summed E-state index contributed by atoms with van der Waals surface area (Å²) in [5.74, 6) is -1.15. The number of hydrogen-bond donors (Lipinski definition) is 1. The van der Waals surface area contributed by atoms with Crippen LogP contribution in [0.2, 0.25) is 0 Å². The lowest BCUT2D eigenvalue weighted by Gasteiger charge is -2.09. The first-order valence-corrected chi connectivity index (χ1v) is 8.42. The molecule has 0 atom stereocenters. The quantitative estimate of drug-likeness (QED) is 0.800. The van der Waals surface area contributed by atoms with E-state index in [2.05, 4.69) is 0 Å². The molecule has 2 aromatic carbocycles. The van der Waals surface area contributed by atoms with Crippen molar-refractivity contribution in [3.05, 3.63) is 65.4 Å². The molecule has 1 N–H and O–H groups in total. The lowest BCUT2D eigenvalue weighted by Crippen LogP contribution is -2.12. The summed E-state index contributed by atoms with van der Waals surface area (Å²) in [7, 11) is -3.86. The average Bonchev–Trinajstić information content (AvgIpc) is 2.88. The first-order valence-electron chi connectivity index (χ1n) is 6.98. The number of hydrogen-bond acceptors (Lipinski definition) is 3. The molecule has 0 amide bonds. The molecule has 0 bridgehead atoms. The monoisotopic (exact) mass is 329 g/mol. The Morgan fingerprint density at radius 1 is 1.09 bits per heavy atom. The third-order valence-electron chi connectivity index (χ3n) is 3.73. The molecule has 1 heterocycles. The molecule has 3 rings (SSSR count). The zero-order valence-electron chi connectivity index (χ0n) is 12.6. The van der Waals surface area contributed by atoms with Crippen molar-refractivity contribution < 1.29 is 18.3 Å². The zero-order chi connectivity index (χ0) is 16.8. The molecule has 0 aliphatic rings. The lowest BCUT2D eigenvalue weighted by atomic mass is 10.1. The molecule has 0 radical (unpaired) electrons. The van der Waals surface area contributed by atoms with Gasteiger partial charge in [-0.25, -0.2) is 17.2 Å². The highest BCUT2D eigenvalue weighted by Gasteiger charge is 2.24. The van der Waals surface area contributed by atoms with Crippen LogP contribution in [0.25, 0.3) is 10.9 Å². The van der Waals surface area contributed by atoms with Crippen LogP contribution < -0.4 is 0 Å². The van der Waals surface area contributed by atoms with Crippen molar-refractivity contribution in [2.75, 3.05) is 0 Å². The summed E-state index contributed by atoms with van der Waals surface area (Å²) in [6.07, 6.45) is 1.18. The van der Waals surface area contributed by atoms with E-state index in [-0.39, 0.29) is 10.5 Å². The van der Waals surface area contributed by atoms with Gasteiger partial charge in [0.15, 0.2) is 0 Å². The van der Waals surface area contributed by atoms with E-state index in [9.17, 15) is 18.3 Å². The smallest absolute Gasteiger partial charge is 0.337 e. The molecule has 118 valence electrons. The number of carbonyl (C=O) groups is 1. The van der Waals surface area contributed by atoms with E-state index < -0.39 is 16.0 Å². The molecule has 23 heavy (non-hydrogen) atoms. The van der Waals surface area contributed by atoms with Crippen LogP contribution >= 0.6 is 0 Å². The van der Waals surface area contributed by atoms with Crippen molar-refractivity contribution in [3.8, 4) is 0 Å². The van der Waals surface area contributed by atoms with Crippen LogP contribution in [0.1, 0.15) is 21.5 Å². The highest BCUT2D eigenvalue weighted by atomic mass is 32.2. The van der Waals surface area contributed by atoms with Crippen LogP contribution in [0, 0.1) is 13.8 Å². The summed E-state index contributed by atoms with van der Waals surface area (Å²) in [6.45, 7) is 3.62. The second-order valence-corrected chi connectivity index (χ2v) is 7.25. The van der Waals surface area contributed by atoms with Crippen LogP contribution in [0.4, 0.5) is 0 Å². The van der Waals surface area contributed by atoms with E-state index in [1.165, 1.54) is 18.3 Å². The molecule has 0 saturated heterocycles. The van der Waals surface area contributed by atoms with Crippen molar-refractivity contribution in [2.24, 2.45) is 0 Å². The Morgan fingerprint density at radius 3 is 2.35 bits per heavy atom. The van der Waals surface area contributed by atoms with Gasteiger partial charge in [0.25, 0.3) is 10.0 Å². The molecule has 0 aliphatic heterocycles. The van der Waals surface area contributed by atoms with Gasteiger partial charge in [0.05, 0.1) is 16.0 Å². The van der Waals surface area contributed by atoms with E-state index in [0.29, 0.717) is 16.5 Å². The summed E-state index contributed by atoms with van der Waals surface area (Å²) in [5, 5.41) is 9.83. The Labute approximate surface area is 133 Å². The van der Waals surface area contributed by atoms with Crippen LogP contribution in [0.15, 0.2) is 53.6 Å². The molecular weight excluding hydrogens is 314 g/mol. The second-order valence-electron chi connectivity index (χ2n) is 5.44. The second kappa shape index (κ2) is 5.24. The fourth-order valence-electron chi connectivity index (χ4n) is 2.78. The Morgan fingerprint density at radius 2 is 1.74 bits per heavy atom.